The van der Waals surface area contributed by atoms with Gasteiger partial charge in [-0.25, -0.2) is 0 Å². The van der Waals surface area contributed by atoms with E-state index >= 15 is 0 Å². The van der Waals surface area contributed by atoms with Gasteiger partial charge in [0, 0.05) is 31.7 Å². The van der Waals surface area contributed by atoms with Crippen molar-refractivity contribution in [3.8, 4) is 0 Å². The summed E-state index contributed by atoms with van der Waals surface area (Å²) >= 11 is 0. The van der Waals surface area contributed by atoms with Gasteiger partial charge in [0.1, 0.15) is 0 Å². The van der Waals surface area contributed by atoms with Crippen molar-refractivity contribution in [2.45, 2.75) is 32.0 Å². The quantitative estimate of drug-likeness (QED) is 0.797. The molecular weight excluding hydrogens is 222 g/mol. The number of nitrogens with zero attached hydrogens (tertiary/aromatic N) is 1. The molecule has 2 unspecified atom stereocenters. The number of nitrogens with one attached hydrogen (secondary N) is 2. The van der Waals surface area contributed by atoms with Crippen LogP contribution in [0.5, 0.6) is 0 Å². The first-order chi connectivity index (χ1) is 8.74. The molecule has 3 heteroatoms. The minimum atomic E-state index is 0.545. The van der Waals surface area contributed by atoms with E-state index in [2.05, 4.69) is 59.8 Å². The number of benzene rings is 1. The standard InChI is InChI=1S/C15H25N3/c1-13(17-15-8-9-16-10-15)11-18(2)12-14-6-4-3-5-7-14/h3-7,13,15-17H,8-12H2,1-2H3. The SMILES string of the molecule is CC(CN(C)Cc1ccccc1)NC1CCNC1. The second-order valence-electron chi connectivity index (χ2n) is 5.44. The van der Waals surface area contributed by atoms with E-state index in [4.69, 9.17) is 0 Å². The molecular formula is C15H25N3. The van der Waals surface area contributed by atoms with Crippen molar-refractivity contribution in [1.29, 1.82) is 0 Å². The maximum Gasteiger partial charge on any atom is 0.0231 e. The van der Waals surface area contributed by atoms with Crippen molar-refractivity contribution < 1.29 is 0 Å². The van der Waals surface area contributed by atoms with Crippen LogP contribution in [0.15, 0.2) is 30.3 Å². The second-order valence-corrected chi connectivity index (χ2v) is 5.44. The Hall–Kier alpha value is -0.900. The van der Waals surface area contributed by atoms with Gasteiger partial charge in [0.15, 0.2) is 0 Å². The third-order valence-electron chi connectivity index (χ3n) is 3.46. The fourth-order valence-corrected chi connectivity index (χ4v) is 2.68. The molecule has 2 atom stereocenters. The normalized spacial score (nSPS) is 21.4. The summed E-state index contributed by atoms with van der Waals surface area (Å²) in [4.78, 5) is 2.38. The molecule has 1 aliphatic heterocycles. The van der Waals surface area contributed by atoms with Crippen LogP contribution >= 0.6 is 0 Å². The summed E-state index contributed by atoms with van der Waals surface area (Å²) in [6.07, 6.45) is 1.26. The van der Waals surface area contributed by atoms with Crippen LogP contribution in [0, 0.1) is 0 Å². The summed E-state index contributed by atoms with van der Waals surface area (Å²) in [5.74, 6) is 0. The Balaban J connectivity index is 1.71. The summed E-state index contributed by atoms with van der Waals surface area (Å²) in [5, 5.41) is 7.09. The number of rotatable bonds is 6. The van der Waals surface area contributed by atoms with Gasteiger partial charge in [-0.3, -0.25) is 0 Å². The van der Waals surface area contributed by atoms with Gasteiger partial charge in [-0.15, -0.1) is 0 Å². The molecule has 0 spiro atoms. The zero-order valence-electron chi connectivity index (χ0n) is 11.5. The molecule has 2 rings (SSSR count). The summed E-state index contributed by atoms with van der Waals surface area (Å²) in [7, 11) is 2.19. The average Bonchev–Trinajstić information content (AvgIpc) is 2.82. The molecule has 0 saturated carbocycles. The molecule has 0 aliphatic carbocycles. The Morgan fingerprint density at radius 3 is 2.83 bits per heavy atom. The van der Waals surface area contributed by atoms with Gasteiger partial charge in [-0.1, -0.05) is 30.3 Å². The van der Waals surface area contributed by atoms with E-state index in [0.717, 1.165) is 26.2 Å². The average molecular weight is 247 g/mol. The van der Waals surface area contributed by atoms with Crippen LogP contribution in [-0.2, 0) is 6.54 Å². The molecule has 1 aromatic carbocycles. The maximum absolute atomic E-state index is 3.69. The van der Waals surface area contributed by atoms with E-state index in [0.29, 0.717) is 12.1 Å². The van der Waals surface area contributed by atoms with Crippen molar-refractivity contribution in [1.82, 2.24) is 15.5 Å². The smallest absolute Gasteiger partial charge is 0.0231 e. The molecule has 0 amide bonds. The predicted molar refractivity (Wildman–Crippen MR) is 76.6 cm³/mol. The zero-order valence-corrected chi connectivity index (χ0v) is 11.5. The first-order valence-corrected chi connectivity index (χ1v) is 6.93. The number of hydrogen-bond donors (Lipinski definition) is 2. The maximum atomic E-state index is 3.69. The lowest BCUT2D eigenvalue weighted by atomic mass is 10.2. The van der Waals surface area contributed by atoms with Gasteiger partial charge in [-0.05, 0) is 32.5 Å². The summed E-state index contributed by atoms with van der Waals surface area (Å²) < 4.78 is 0. The largest absolute Gasteiger partial charge is 0.315 e. The van der Waals surface area contributed by atoms with Crippen molar-refractivity contribution in [2.75, 3.05) is 26.7 Å². The van der Waals surface area contributed by atoms with Crippen LogP contribution in [0.1, 0.15) is 18.9 Å². The highest BCUT2D eigenvalue weighted by molar-refractivity contribution is 5.14. The van der Waals surface area contributed by atoms with Crippen LogP contribution < -0.4 is 10.6 Å². The third kappa shape index (κ3) is 4.41. The van der Waals surface area contributed by atoms with Crippen LogP contribution in [0.4, 0.5) is 0 Å². The van der Waals surface area contributed by atoms with Crippen LogP contribution in [0.2, 0.25) is 0 Å². The van der Waals surface area contributed by atoms with E-state index in [9.17, 15) is 0 Å². The zero-order chi connectivity index (χ0) is 12.8. The fraction of sp³-hybridized carbons (Fsp3) is 0.600. The van der Waals surface area contributed by atoms with Gasteiger partial charge in [0.2, 0.25) is 0 Å². The lowest BCUT2D eigenvalue weighted by Crippen LogP contribution is -2.43. The Kier molecular flexibility index (Phi) is 5.17. The van der Waals surface area contributed by atoms with Crippen molar-refractivity contribution >= 4 is 0 Å². The minimum Gasteiger partial charge on any atom is -0.315 e. The molecule has 1 heterocycles. The first kappa shape index (κ1) is 13.5. The van der Waals surface area contributed by atoms with Gasteiger partial charge >= 0.3 is 0 Å². The van der Waals surface area contributed by atoms with Crippen molar-refractivity contribution in [2.24, 2.45) is 0 Å². The van der Waals surface area contributed by atoms with E-state index in [1.165, 1.54) is 12.0 Å². The van der Waals surface area contributed by atoms with E-state index in [1.807, 2.05) is 0 Å². The Morgan fingerprint density at radius 2 is 2.17 bits per heavy atom. The topological polar surface area (TPSA) is 27.3 Å². The van der Waals surface area contributed by atoms with Gasteiger partial charge < -0.3 is 15.5 Å². The predicted octanol–water partition coefficient (Wildman–Crippen LogP) is 1.46. The Morgan fingerprint density at radius 1 is 1.39 bits per heavy atom. The summed E-state index contributed by atoms with van der Waals surface area (Å²) in [5.41, 5.74) is 1.38. The molecule has 0 aromatic heterocycles. The first-order valence-electron chi connectivity index (χ1n) is 6.93. The van der Waals surface area contributed by atoms with Gasteiger partial charge in [0.25, 0.3) is 0 Å². The fourth-order valence-electron chi connectivity index (χ4n) is 2.68. The van der Waals surface area contributed by atoms with Gasteiger partial charge in [0.05, 0.1) is 0 Å². The van der Waals surface area contributed by atoms with Crippen molar-refractivity contribution in [3.05, 3.63) is 35.9 Å². The van der Waals surface area contributed by atoms with Crippen LogP contribution in [-0.4, -0.2) is 43.7 Å². The van der Waals surface area contributed by atoms with Gasteiger partial charge in [-0.2, -0.15) is 0 Å². The van der Waals surface area contributed by atoms with E-state index in [-0.39, 0.29) is 0 Å². The Labute approximate surface area is 111 Å². The van der Waals surface area contributed by atoms with E-state index in [1.54, 1.807) is 0 Å². The Bertz CT molecular complexity index is 333. The lowest BCUT2D eigenvalue weighted by Gasteiger charge is -2.24. The molecule has 18 heavy (non-hydrogen) atoms. The lowest BCUT2D eigenvalue weighted by molar-refractivity contribution is 0.280. The third-order valence-corrected chi connectivity index (χ3v) is 3.46. The number of likely N-dealkylation sites (N-methyl/N-ethyl adjacent to an activating group) is 1. The highest BCUT2D eigenvalue weighted by Crippen LogP contribution is 2.04. The van der Waals surface area contributed by atoms with E-state index < -0.39 is 0 Å². The molecule has 2 N–H and O–H groups in total. The molecule has 1 aliphatic rings. The highest BCUT2D eigenvalue weighted by atomic mass is 15.1. The van der Waals surface area contributed by atoms with Crippen LogP contribution in [0.25, 0.3) is 0 Å². The summed E-state index contributed by atoms with van der Waals surface area (Å²) in [6.45, 7) is 6.66. The van der Waals surface area contributed by atoms with Crippen LogP contribution in [0.3, 0.4) is 0 Å². The second kappa shape index (κ2) is 6.88. The molecule has 100 valence electrons. The molecule has 0 radical (unpaired) electrons. The molecule has 1 aromatic rings. The number of hydrogen-bond acceptors (Lipinski definition) is 3. The molecule has 3 nitrogen and oxygen atoms in total. The monoisotopic (exact) mass is 247 g/mol. The molecule has 0 bridgehead atoms. The van der Waals surface area contributed by atoms with Crippen molar-refractivity contribution in [3.63, 3.8) is 0 Å². The molecule has 1 fully saturated rings. The minimum absolute atomic E-state index is 0.545. The highest BCUT2D eigenvalue weighted by Gasteiger charge is 2.16. The summed E-state index contributed by atoms with van der Waals surface area (Å²) in [6, 6.07) is 11.9. The molecule has 1 saturated heterocycles.